The zero-order valence-corrected chi connectivity index (χ0v) is 18.3. The quantitative estimate of drug-likeness (QED) is 0.455. The predicted molar refractivity (Wildman–Crippen MR) is 124 cm³/mol. The van der Waals surface area contributed by atoms with Gasteiger partial charge in [-0.15, -0.1) is 0 Å². The van der Waals surface area contributed by atoms with E-state index in [2.05, 4.69) is 116 Å². The van der Waals surface area contributed by atoms with Gasteiger partial charge in [0.2, 0.25) is 0 Å². The third kappa shape index (κ3) is 4.85. The first-order chi connectivity index (χ1) is 13.3. The van der Waals surface area contributed by atoms with Crippen LogP contribution in [0, 0.1) is 0 Å². The molecule has 27 heavy (non-hydrogen) atoms. The van der Waals surface area contributed by atoms with Gasteiger partial charge >= 0.3 is 0 Å². The van der Waals surface area contributed by atoms with Crippen LogP contribution in [-0.4, -0.2) is 23.2 Å². The summed E-state index contributed by atoms with van der Waals surface area (Å²) in [7, 11) is -0.837. The van der Waals surface area contributed by atoms with Crippen molar-refractivity contribution in [2.24, 2.45) is 0 Å². The molecule has 3 aromatic rings. The fourth-order valence-corrected chi connectivity index (χ4v) is 10.6. The summed E-state index contributed by atoms with van der Waals surface area (Å²) in [6.45, 7) is 9.24. The van der Waals surface area contributed by atoms with E-state index in [4.69, 9.17) is 0 Å². The van der Waals surface area contributed by atoms with Gasteiger partial charge in [0.1, 0.15) is 0 Å². The Hall–Kier alpha value is -1.52. The van der Waals surface area contributed by atoms with Crippen LogP contribution in [0.4, 0.5) is 0 Å². The highest BCUT2D eigenvalue weighted by molar-refractivity contribution is 7.85. The summed E-state index contributed by atoms with van der Waals surface area (Å²) in [5.74, 6) is 0. The van der Waals surface area contributed by atoms with Crippen LogP contribution in [0.3, 0.4) is 0 Å². The van der Waals surface area contributed by atoms with Crippen LogP contribution < -0.4 is 15.9 Å². The summed E-state index contributed by atoms with van der Waals surface area (Å²) in [6, 6.07) is 33.4. The van der Waals surface area contributed by atoms with Gasteiger partial charge in [-0.1, -0.05) is 112 Å². The van der Waals surface area contributed by atoms with Gasteiger partial charge in [-0.05, 0) is 36.9 Å². The molecule has 0 spiro atoms. The lowest BCUT2D eigenvalue weighted by atomic mass is 10.4. The number of nitrogens with zero attached hydrogens (tertiary/aromatic N) is 1. The lowest BCUT2D eigenvalue weighted by molar-refractivity contribution is 0.509. The van der Waals surface area contributed by atoms with Crippen LogP contribution in [0.15, 0.2) is 91.0 Å². The van der Waals surface area contributed by atoms with Crippen molar-refractivity contribution in [2.75, 3.05) is 13.1 Å². The Labute approximate surface area is 167 Å². The fourth-order valence-electron chi connectivity index (χ4n) is 3.59. The van der Waals surface area contributed by atoms with E-state index in [9.17, 15) is 0 Å². The predicted octanol–water partition coefficient (Wildman–Crippen LogP) is 5.53. The molecule has 1 nitrogen and oxygen atoms in total. The van der Waals surface area contributed by atoms with Crippen molar-refractivity contribution in [3.05, 3.63) is 91.0 Å². The van der Waals surface area contributed by atoms with E-state index >= 15 is 0 Å². The SMILES string of the molecule is CCN(CC)P(c1ccccc1)C(C)P(c1ccccc1)c1ccccc1. The minimum atomic E-state index is -0.432. The molecule has 0 aromatic heterocycles. The molecule has 0 bridgehead atoms. The van der Waals surface area contributed by atoms with Crippen molar-refractivity contribution in [1.29, 1.82) is 0 Å². The summed E-state index contributed by atoms with van der Waals surface area (Å²) in [5.41, 5.74) is 0. The molecule has 3 heteroatoms. The van der Waals surface area contributed by atoms with Crippen molar-refractivity contribution in [3.8, 4) is 0 Å². The summed E-state index contributed by atoms with van der Waals surface area (Å²) in [5, 5.41) is 5.01. The second-order valence-corrected chi connectivity index (χ2v) is 12.0. The van der Waals surface area contributed by atoms with Crippen molar-refractivity contribution in [3.63, 3.8) is 0 Å². The second kappa shape index (κ2) is 10.1. The van der Waals surface area contributed by atoms with Gasteiger partial charge in [0.15, 0.2) is 0 Å². The molecule has 0 amide bonds. The Morgan fingerprint density at radius 1 is 0.630 bits per heavy atom. The monoisotopic (exact) mass is 393 g/mol. The Morgan fingerprint density at radius 2 is 1.00 bits per heavy atom. The average Bonchev–Trinajstić information content (AvgIpc) is 2.74. The summed E-state index contributed by atoms with van der Waals surface area (Å²) in [6.07, 6.45) is 0. The number of rotatable bonds is 8. The summed E-state index contributed by atoms with van der Waals surface area (Å²) < 4.78 is 2.68. The van der Waals surface area contributed by atoms with Crippen molar-refractivity contribution in [1.82, 2.24) is 4.67 Å². The van der Waals surface area contributed by atoms with Crippen molar-refractivity contribution in [2.45, 2.75) is 26.2 Å². The summed E-state index contributed by atoms with van der Waals surface area (Å²) in [4.78, 5) is 0. The van der Waals surface area contributed by atoms with E-state index in [1.807, 2.05) is 0 Å². The van der Waals surface area contributed by atoms with Gasteiger partial charge in [0.25, 0.3) is 0 Å². The maximum absolute atomic E-state index is 2.68. The molecule has 0 radical (unpaired) electrons. The lowest BCUT2D eigenvalue weighted by Crippen LogP contribution is -2.30. The van der Waals surface area contributed by atoms with Crippen molar-refractivity contribution >= 4 is 31.9 Å². The molecule has 2 atom stereocenters. The smallest absolute Gasteiger partial charge is 0.0220 e. The van der Waals surface area contributed by atoms with Crippen LogP contribution in [0.5, 0.6) is 0 Å². The molecule has 0 aliphatic heterocycles. The van der Waals surface area contributed by atoms with Crippen LogP contribution >= 0.6 is 16.0 Å². The average molecular weight is 393 g/mol. The topological polar surface area (TPSA) is 3.24 Å². The van der Waals surface area contributed by atoms with E-state index in [1.165, 1.54) is 15.9 Å². The van der Waals surface area contributed by atoms with Crippen LogP contribution in [0.2, 0.25) is 0 Å². The van der Waals surface area contributed by atoms with E-state index in [0.717, 1.165) is 13.1 Å². The van der Waals surface area contributed by atoms with Gasteiger partial charge in [0, 0.05) is 13.5 Å². The highest BCUT2D eigenvalue weighted by Crippen LogP contribution is 2.58. The van der Waals surface area contributed by atoms with Crippen LogP contribution in [0.25, 0.3) is 0 Å². The zero-order valence-electron chi connectivity index (χ0n) is 16.5. The minimum Gasteiger partial charge on any atom is -0.278 e. The number of hydrogen-bond donors (Lipinski definition) is 0. The zero-order chi connectivity index (χ0) is 19.1. The van der Waals surface area contributed by atoms with Gasteiger partial charge < -0.3 is 0 Å². The van der Waals surface area contributed by atoms with E-state index in [1.54, 1.807) is 0 Å². The van der Waals surface area contributed by atoms with Gasteiger partial charge in [0.05, 0.1) is 0 Å². The molecule has 0 N–H and O–H groups in total. The third-order valence-corrected chi connectivity index (χ3v) is 11.4. The first kappa shape index (κ1) is 20.2. The summed E-state index contributed by atoms with van der Waals surface area (Å²) >= 11 is 0. The largest absolute Gasteiger partial charge is 0.278 e. The fraction of sp³-hybridized carbons (Fsp3) is 0.250. The van der Waals surface area contributed by atoms with E-state index in [0.29, 0.717) is 5.40 Å². The maximum atomic E-state index is 2.68. The molecule has 0 fully saturated rings. The van der Waals surface area contributed by atoms with Crippen LogP contribution in [-0.2, 0) is 0 Å². The molecule has 0 saturated heterocycles. The highest BCUT2D eigenvalue weighted by atomic mass is 31.2. The molecule has 140 valence electrons. The molecule has 2 unspecified atom stereocenters. The second-order valence-electron chi connectivity index (χ2n) is 6.49. The molecule has 3 aromatic carbocycles. The molecule has 0 saturated carbocycles. The van der Waals surface area contributed by atoms with Crippen LogP contribution in [0.1, 0.15) is 20.8 Å². The first-order valence-electron chi connectivity index (χ1n) is 9.74. The Bertz CT molecular complexity index is 749. The molecule has 0 aliphatic rings. The Kier molecular flexibility index (Phi) is 7.59. The normalized spacial score (nSPS) is 13.7. The van der Waals surface area contributed by atoms with E-state index in [-0.39, 0.29) is 0 Å². The number of benzene rings is 3. The van der Waals surface area contributed by atoms with Crippen molar-refractivity contribution < 1.29 is 0 Å². The van der Waals surface area contributed by atoms with Gasteiger partial charge in [-0.25, -0.2) is 0 Å². The highest BCUT2D eigenvalue weighted by Gasteiger charge is 2.32. The molecular formula is C24H29NP2. The van der Waals surface area contributed by atoms with Gasteiger partial charge in [-0.3, -0.25) is 4.67 Å². The van der Waals surface area contributed by atoms with Gasteiger partial charge in [-0.2, -0.15) is 0 Å². The first-order valence-corrected chi connectivity index (χ1v) is 12.5. The third-order valence-electron chi connectivity index (χ3n) is 4.85. The standard InChI is InChI=1S/C24H29NP2/c1-4-25(5-2)27(24-19-13-8-14-20-24)21(3)26(22-15-9-6-10-16-22)23-17-11-7-12-18-23/h6-21H,4-5H2,1-3H3. The number of hydrogen-bond acceptors (Lipinski definition) is 1. The lowest BCUT2D eigenvalue weighted by Gasteiger charge is -2.39. The molecule has 0 aliphatic carbocycles. The molecule has 0 heterocycles. The minimum absolute atomic E-state index is 0.405. The van der Waals surface area contributed by atoms with E-state index < -0.39 is 16.0 Å². The Morgan fingerprint density at radius 3 is 1.37 bits per heavy atom. The molecular weight excluding hydrogens is 364 g/mol. The Balaban J connectivity index is 2.08. The maximum Gasteiger partial charge on any atom is 0.0220 e. The molecule has 3 rings (SSSR count).